The highest BCUT2D eigenvalue weighted by Gasteiger charge is 2.02. The van der Waals surface area contributed by atoms with Crippen LogP contribution < -0.4 is 11.5 Å². The van der Waals surface area contributed by atoms with Crippen molar-refractivity contribution in [3.05, 3.63) is 41.7 Å². The Hall–Kier alpha value is -2.17. The lowest BCUT2D eigenvalue weighted by atomic mass is 10.1. The van der Waals surface area contributed by atoms with Crippen molar-refractivity contribution in [3.8, 4) is 0 Å². The van der Waals surface area contributed by atoms with Crippen molar-refractivity contribution in [2.45, 2.75) is 6.42 Å². The maximum absolute atomic E-state index is 5.47. The van der Waals surface area contributed by atoms with Crippen LogP contribution in [-0.2, 0) is 6.42 Å². The van der Waals surface area contributed by atoms with Gasteiger partial charge in [-0.3, -0.25) is 0 Å². The molecule has 0 amide bonds. The van der Waals surface area contributed by atoms with E-state index < -0.39 is 0 Å². The minimum absolute atomic E-state index is 0.161. The van der Waals surface area contributed by atoms with E-state index in [9.17, 15) is 0 Å². The van der Waals surface area contributed by atoms with Crippen molar-refractivity contribution in [2.24, 2.45) is 0 Å². The summed E-state index contributed by atoms with van der Waals surface area (Å²) in [6.45, 7) is 0. The van der Waals surface area contributed by atoms with Crippen LogP contribution in [0.15, 0.2) is 30.3 Å². The first kappa shape index (κ1) is 9.39. The van der Waals surface area contributed by atoms with Crippen LogP contribution in [0, 0.1) is 0 Å². The highest BCUT2D eigenvalue weighted by molar-refractivity contribution is 5.28. The SMILES string of the molecule is Nc1nc(N)nc(Cc2ccccc2)n1. The molecule has 0 radical (unpaired) electrons. The molecule has 0 unspecified atom stereocenters. The fourth-order valence-electron chi connectivity index (χ4n) is 1.31. The summed E-state index contributed by atoms with van der Waals surface area (Å²) in [5.41, 5.74) is 12.1. The standard InChI is InChI=1S/C10H11N5/c11-9-13-8(14-10(12)15-9)6-7-4-2-1-3-5-7/h1-5H,6H2,(H4,11,12,13,14,15). The quantitative estimate of drug-likeness (QED) is 0.743. The van der Waals surface area contributed by atoms with Gasteiger partial charge in [-0.1, -0.05) is 30.3 Å². The molecule has 0 aliphatic rings. The number of nitrogens with zero attached hydrogens (tertiary/aromatic N) is 3. The monoisotopic (exact) mass is 201 g/mol. The van der Waals surface area contributed by atoms with Gasteiger partial charge in [0, 0.05) is 6.42 Å². The summed E-state index contributed by atoms with van der Waals surface area (Å²) in [6, 6.07) is 9.87. The molecule has 1 aromatic carbocycles. The van der Waals surface area contributed by atoms with Crippen molar-refractivity contribution < 1.29 is 0 Å². The van der Waals surface area contributed by atoms with Gasteiger partial charge in [0.2, 0.25) is 11.9 Å². The smallest absolute Gasteiger partial charge is 0.225 e. The van der Waals surface area contributed by atoms with Gasteiger partial charge in [-0.15, -0.1) is 0 Å². The van der Waals surface area contributed by atoms with E-state index in [4.69, 9.17) is 11.5 Å². The Kier molecular flexibility index (Phi) is 2.45. The largest absolute Gasteiger partial charge is 0.368 e. The summed E-state index contributed by atoms with van der Waals surface area (Å²) in [5, 5.41) is 0. The molecule has 4 N–H and O–H groups in total. The van der Waals surface area contributed by atoms with Crippen LogP contribution in [-0.4, -0.2) is 15.0 Å². The number of aromatic nitrogens is 3. The van der Waals surface area contributed by atoms with E-state index >= 15 is 0 Å². The van der Waals surface area contributed by atoms with Gasteiger partial charge in [0.1, 0.15) is 5.82 Å². The molecule has 0 aliphatic carbocycles. The van der Waals surface area contributed by atoms with Crippen molar-refractivity contribution in [3.63, 3.8) is 0 Å². The Morgan fingerprint density at radius 1 is 0.867 bits per heavy atom. The zero-order chi connectivity index (χ0) is 10.7. The van der Waals surface area contributed by atoms with Crippen molar-refractivity contribution >= 4 is 11.9 Å². The van der Waals surface area contributed by atoms with Gasteiger partial charge in [0.15, 0.2) is 0 Å². The van der Waals surface area contributed by atoms with Crippen molar-refractivity contribution in [1.29, 1.82) is 0 Å². The summed E-state index contributed by atoms with van der Waals surface area (Å²) >= 11 is 0. The highest BCUT2D eigenvalue weighted by Crippen LogP contribution is 2.06. The lowest BCUT2D eigenvalue weighted by Gasteiger charge is -2.01. The molecule has 0 atom stereocenters. The molecule has 0 saturated heterocycles. The van der Waals surface area contributed by atoms with E-state index in [-0.39, 0.29) is 11.9 Å². The molecule has 5 heteroatoms. The van der Waals surface area contributed by atoms with Gasteiger partial charge >= 0.3 is 0 Å². The second-order valence-corrected chi connectivity index (χ2v) is 3.13. The highest BCUT2D eigenvalue weighted by atomic mass is 15.1. The maximum atomic E-state index is 5.47. The minimum atomic E-state index is 0.161. The summed E-state index contributed by atoms with van der Waals surface area (Å²) in [6.07, 6.45) is 0.609. The summed E-state index contributed by atoms with van der Waals surface area (Å²) in [7, 11) is 0. The molecule has 0 bridgehead atoms. The van der Waals surface area contributed by atoms with E-state index in [2.05, 4.69) is 15.0 Å². The molecule has 0 aliphatic heterocycles. The normalized spacial score (nSPS) is 10.1. The number of rotatable bonds is 2. The molecule has 1 aromatic heterocycles. The van der Waals surface area contributed by atoms with Gasteiger partial charge in [0.25, 0.3) is 0 Å². The average molecular weight is 201 g/mol. The molecule has 0 spiro atoms. The molecule has 76 valence electrons. The lowest BCUT2D eigenvalue weighted by Crippen LogP contribution is -2.07. The Bertz CT molecular complexity index is 434. The second kappa shape index (κ2) is 3.91. The predicted molar refractivity (Wildman–Crippen MR) is 57.9 cm³/mol. The first-order valence-electron chi connectivity index (χ1n) is 4.54. The van der Waals surface area contributed by atoms with Gasteiger partial charge < -0.3 is 11.5 Å². The van der Waals surface area contributed by atoms with Gasteiger partial charge in [-0.2, -0.15) is 15.0 Å². The van der Waals surface area contributed by atoms with Crippen LogP contribution in [0.2, 0.25) is 0 Å². The predicted octanol–water partition coefficient (Wildman–Crippen LogP) is 0.627. The van der Waals surface area contributed by atoms with E-state index in [1.165, 1.54) is 0 Å². The molecule has 0 saturated carbocycles. The maximum Gasteiger partial charge on any atom is 0.225 e. The Morgan fingerprint density at radius 2 is 1.47 bits per heavy atom. The molecular weight excluding hydrogens is 190 g/mol. The number of anilines is 2. The van der Waals surface area contributed by atoms with E-state index in [0.29, 0.717) is 12.2 Å². The minimum Gasteiger partial charge on any atom is -0.368 e. The first-order chi connectivity index (χ1) is 7.24. The van der Waals surface area contributed by atoms with Gasteiger partial charge in [-0.05, 0) is 5.56 Å². The Balaban J connectivity index is 2.25. The van der Waals surface area contributed by atoms with Crippen LogP contribution in [0.1, 0.15) is 11.4 Å². The van der Waals surface area contributed by atoms with Gasteiger partial charge in [-0.25, -0.2) is 0 Å². The third-order valence-corrected chi connectivity index (χ3v) is 1.92. The van der Waals surface area contributed by atoms with E-state index in [0.717, 1.165) is 5.56 Å². The van der Waals surface area contributed by atoms with Crippen molar-refractivity contribution in [1.82, 2.24) is 15.0 Å². The summed E-state index contributed by atoms with van der Waals surface area (Å²) in [4.78, 5) is 11.7. The zero-order valence-corrected chi connectivity index (χ0v) is 8.09. The number of nitrogen functional groups attached to an aromatic ring is 2. The molecule has 0 fully saturated rings. The third kappa shape index (κ3) is 2.40. The first-order valence-corrected chi connectivity index (χ1v) is 4.54. The van der Waals surface area contributed by atoms with Crippen LogP contribution in [0.25, 0.3) is 0 Å². The Labute approximate surface area is 87.2 Å². The molecule has 5 nitrogen and oxygen atoms in total. The molecule has 1 heterocycles. The zero-order valence-electron chi connectivity index (χ0n) is 8.09. The summed E-state index contributed by atoms with van der Waals surface area (Å²) < 4.78 is 0. The molecule has 2 rings (SSSR count). The van der Waals surface area contributed by atoms with Crippen LogP contribution in [0.4, 0.5) is 11.9 Å². The third-order valence-electron chi connectivity index (χ3n) is 1.92. The van der Waals surface area contributed by atoms with E-state index in [1.54, 1.807) is 0 Å². The number of nitrogens with two attached hydrogens (primary N) is 2. The summed E-state index contributed by atoms with van der Waals surface area (Å²) in [5.74, 6) is 0.910. The molecular formula is C10H11N5. The molecule has 15 heavy (non-hydrogen) atoms. The van der Waals surface area contributed by atoms with Crippen LogP contribution in [0.5, 0.6) is 0 Å². The molecule has 2 aromatic rings. The van der Waals surface area contributed by atoms with Gasteiger partial charge in [0.05, 0.1) is 0 Å². The van der Waals surface area contributed by atoms with Crippen molar-refractivity contribution in [2.75, 3.05) is 11.5 Å². The fourth-order valence-corrected chi connectivity index (χ4v) is 1.31. The van der Waals surface area contributed by atoms with Crippen LogP contribution >= 0.6 is 0 Å². The van der Waals surface area contributed by atoms with Crippen LogP contribution in [0.3, 0.4) is 0 Å². The van der Waals surface area contributed by atoms with E-state index in [1.807, 2.05) is 30.3 Å². The second-order valence-electron chi connectivity index (χ2n) is 3.13. The topological polar surface area (TPSA) is 90.7 Å². The number of hydrogen-bond donors (Lipinski definition) is 2. The number of hydrogen-bond acceptors (Lipinski definition) is 5. The lowest BCUT2D eigenvalue weighted by molar-refractivity contribution is 0.939. The Morgan fingerprint density at radius 3 is 2.07 bits per heavy atom. The number of benzene rings is 1. The average Bonchev–Trinajstić information content (AvgIpc) is 2.17. The fraction of sp³-hybridized carbons (Fsp3) is 0.100.